The van der Waals surface area contributed by atoms with Gasteiger partial charge in [-0.25, -0.2) is 0 Å². The highest BCUT2D eigenvalue weighted by atomic mass is 28.2. The lowest BCUT2D eigenvalue weighted by Gasteiger charge is -2.13. The third-order valence-electron chi connectivity index (χ3n) is 0.702. The van der Waals surface area contributed by atoms with Gasteiger partial charge in [-0.2, -0.15) is 0 Å². The zero-order valence-corrected chi connectivity index (χ0v) is 6.72. The minimum Gasteiger partial charge on any atom is -0.373 e. The summed E-state index contributed by atoms with van der Waals surface area (Å²) in [6.07, 6.45) is 0. The van der Waals surface area contributed by atoms with Gasteiger partial charge in [-0.1, -0.05) is 0 Å². The maximum Gasteiger partial charge on any atom is 0.261 e. The fourth-order valence-electron chi connectivity index (χ4n) is 0.388. The van der Waals surface area contributed by atoms with E-state index in [9.17, 15) is 0 Å². The highest BCUT2D eigenvalue weighted by molar-refractivity contribution is 5.97. The highest BCUT2D eigenvalue weighted by Crippen LogP contribution is 1.93. The second-order valence-electron chi connectivity index (χ2n) is 1.32. The molecule has 0 N–H and O–H groups in total. The Hall–Kier alpha value is 0.0969. The molecular formula is C5H11O3Si. The summed E-state index contributed by atoms with van der Waals surface area (Å²) in [5, 5.41) is 0. The van der Waals surface area contributed by atoms with Crippen LogP contribution in [0.5, 0.6) is 0 Å². The Bertz CT molecular complexity index is 54.2. The number of hydrogen-bond donors (Lipinski definition) is 0. The van der Waals surface area contributed by atoms with Crippen LogP contribution >= 0.6 is 0 Å². The molecule has 3 radical (unpaired) electrons. The van der Waals surface area contributed by atoms with Gasteiger partial charge in [0.1, 0.15) is 0 Å². The van der Waals surface area contributed by atoms with Gasteiger partial charge >= 0.3 is 0 Å². The lowest BCUT2D eigenvalue weighted by atomic mass is 10.8. The molecule has 0 heterocycles. The fraction of sp³-hybridized carbons (Fsp3) is 1.00. The van der Waals surface area contributed by atoms with E-state index in [1.165, 1.54) is 0 Å². The van der Waals surface area contributed by atoms with Crippen molar-refractivity contribution >= 4 is 10.5 Å². The van der Waals surface area contributed by atoms with E-state index in [0.717, 1.165) is 0 Å². The second-order valence-corrected chi connectivity index (χ2v) is 1.55. The van der Waals surface area contributed by atoms with Gasteiger partial charge in [-0.05, 0) is 13.8 Å². The number of rotatable bonds is 5. The van der Waals surface area contributed by atoms with E-state index < -0.39 is 6.48 Å². The molecule has 0 saturated carbocycles. The smallest absolute Gasteiger partial charge is 0.261 e. The van der Waals surface area contributed by atoms with Crippen molar-refractivity contribution < 1.29 is 13.9 Å². The molecule has 0 aliphatic carbocycles. The van der Waals surface area contributed by atoms with Crippen LogP contribution in [0.15, 0.2) is 0 Å². The van der Waals surface area contributed by atoms with Gasteiger partial charge in [-0.15, -0.1) is 0 Å². The van der Waals surface area contributed by atoms with Crippen molar-refractivity contribution in [1.29, 1.82) is 0 Å². The zero-order valence-electron chi connectivity index (χ0n) is 5.72. The number of hydrogen-bond acceptors (Lipinski definition) is 3. The van der Waals surface area contributed by atoms with Crippen LogP contribution in [0.25, 0.3) is 0 Å². The van der Waals surface area contributed by atoms with Crippen LogP contribution < -0.4 is 0 Å². The van der Waals surface area contributed by atoms with Crippen LogP contribution in [0, 0.1) is 0 Å². The first-order valence-corrected chi connectivity index (χ1v) is 3.31. The standard InChI is InChI=1S/C5H11O3Si/c1-3-6-5(8-9)7-4-2/h5H,3-4H2,1-2H3. The SMILES string of the molecule is CCOC(O[Si])OCC. The Morgan fingerprint density at radius 1 is 1.22 bits per heavy atom. The molecule has 0 aromatic carbocycles. The van der Waals surface area contributed by atoms with Gasteiger partial charge in [0.05, 0.1) is 0 Å². The molecule has 0 aliphatic heterocycles. The van der Waals surface area contributed by atoms with Crippen LogP contribution in [-0.4, -0.2) is 30.2 Å². The Kier molecular flexibility index (Phi) is 6.29. The quantitative estimate of drug-likeness (QED) is 0.417. The van der Waals surface area contributed by atoms with E-state index in [-0.39, 0.29) is 0 Å². The maximum atomic E-state index is 4.94. The Balaban J connectivity index is 3.18. The minimum absolute atomic E-state index is 0.573. The molecule has 0 bridgehead atoms. The molecule has 0 aliphatic rings. The molecule has 9 heavy (non-hydrogen) atoms. The van der Waals surface area contributed by atoms with Crippen LogP contribution in [-0.2, 0) is 13.9 Å². The molecule has 0 spiro atoms. The third kappa shape index (κ3) is 4.59. The first-order chi connectivity index (χ1) is 4.35. The first-order valence-electron chi connectivity index (χ1n) is 2.90. The normalized spacial score (nSPS) is 10.7. The van der Waals surface area contributed by atoms with E-state index in [2.05, 4.69) is 14.9 Å². The molecule has 4 heteroatoms. The zero-order chi connectivity index (χ0) is 7.11. The Morgan fingerprint density at radius 3 is 1.89 bits per heavy atom. The van der Waals surface area contributed by atoms with Crippen molar-refractivity contribution in [3.63, 3.8) is 0 Å². The minimum atomic E-state index is -0.573. The van der Waals surface area contributed by atoms with Crippen molar-refractivity contribution in [2.75, 3.05) is 13.2 Å². The molecule has 3 nitrogen and oxygen atoms in total. The van der Waals surface area contributed by atoms with Crippen molar-refractivity contribution in [2.24, 2.45) is 0 Å². The fourth-order valence-corrected chi connectivity index (χ4v) is 0.524. The Labute approximate surface area is 58.8 Å². The molecule has 0 rings (SSSR count). The summed E-state index contributed by atoms with van der Waals surface area (Å²) in [7, 11) is 2.81. The predicted octanol–water partition coefficient (Wildman–Crippen LogP) is 0.443. The van der Waals surface area contributed by atoms with Crippen LogP contribution in [0.4, 0.5) is 0 Å². The topological polar surface area (TPSA) is 27.7 Å². The van der Waals surface area contributed by atoms with Crippen molar-refractivity contribution in [1.82, 2.24) is 0 Å². The lowest BCUT2D eigenvalue weighted by molar-refractivity contribution is -0.241. The van der Waals surface area contributed by atoms with E-state index in [1.54, 1.807) is 0 Å². The summed E-state index contributed by atoms with van der Waals surface area (Å²) >= 11 is 0. The third-order valence-corrected chi connectivity index (χ3v) is 0.894. The summed E-state index contributed by atoms with van der Waals surface area (Å²) in [6.45, 7) is 4.33. The molecule has 0 aromatic rings. The largest absolute Gasteiger partial charge is 0.373 e. The van der Waals surface area contributed by atoms with Gasteiger partial charge in [-0.3, -0.25) is 0 Å². The summed E-state index contributed by atoms with van der Waals surface area (Å²) in [5.74, 6) is 0. The predicted molar refractivity (Wildman–Crippen MR) is 33.9 cm³/mol. The molecule has 0 fully saturated rings. The maximum absolute atomic E-state index is 4.94. The van der Waals surface area contributed by atoms with Gasteiger partial charge < -0.3 is 13.9 Å². The summed E-state index contributed by atoms with van der Waals surface area (Å²) in [5.41, 5.74) is 0. The molecule has 0 unspecified atom stereocenters. The van der Waals surface area contributed by atoms with Crippen molar-refractivity contribution in [3.8, 4) is 0 Å². The van der Waals surface area contributed by atoms with E-state index in [0.29, 0.717) is 13.2 Å². The summed E-state index contributed by atoms with van der Waals surface area (Å²) in [4.78, 5) is 0. The van der Waals surface area contributed by atoms with Crippen LogP contribution in [0.2, 0.25) is 0 Å². The van der Waals surface area contributed by atoms with Gasteiger partial charge in [0.25, 0.3) is 17.0 Å². The van der Waals surface area contributed by atoms with Crippen LogP contribution in [0.3, 0.4) is 0 Å². The molecule has 0 atom stereocenters. The summed E-state index contributed by atoms with van der Waals surface area (Å²) in [6, 6.07) is 0. The summed E-state index contributed by atoms with van der Waals surface area (Å²) < 4.78 is 14.5. The Morgan fingerprint density at radius 2 is 1.67 bits per heavy atom. The second kappa shape index (κ2) is 6.22. The molecular weight excluding hydrogens is 136 g/mol. The first kappa shape index (κ1) is 9.10. The molecule has 0 saturated heterocycles. The van der Waals surface area contributed by atoms with Crippen molar-refractivity contribution in [3.05, 3.63) is 0 Å². The van der Waals surface area contributed by atoms with Gasteiger partial charge in [0.15, 0.2) is 0 Å². The monoisotopic (exact) mass is 147 g/mol. The average molecular weight is 147 g/mol. The van der Waals surface area contributed by atoms with Gasteiger partial charge in [0.2, 0.25) is 0 Å². The van der Waals surface area contributed by atoms with Gasteiger partial charge in [0, 0.05) is 13.2 Å². The molecule has 0 amide bonds. The van der Waals surface area contributed by atoms with Crippen LogP contribution in [0.1, 0.15) is 13.8 Å². The average Bonchev–Trinajstić information content (AvgIpc) is 1.88. The van der Waals surface area contributed by atoms with E-state index in [1.807, 2.05) is 13.8 Å². The highest BCUT2D eigenvalue weighted by Gasteiger charge is 2.02. The van der Waals surface area contributed by atoms with E-state index >= 15 is 0 Å². The lowest BCUT2D eigenvalue weighted by Crippen LogP contribution is -2.19. The number of ether oxygens (including phenoxy) is 2. The molecule has 0 aromatic heterocycles. The molecule has 53 valence electrons. The van der Waals surface area contributed by atoms with E-state index in [4.69, 9.17) is 9.47 Å². The van der Waals surface area contributed by atoms with Crippen molar-refractivity contribution in [2.45, 2.75) is 20.3 Å².